The van der Waals surface area contributed by atoms with Crippen LogP contribution in [0.15, 0.2) is 18.2 Å². The van der Waals surface area contributed by atoms with E-state index in [0.717, 1.165) is 30.3 Å². The van der Waals surface area contributed by atoms with Gasteiger partial charge in [0.25, 0.3) is 0 Å². The van der Waals surface area contributed by atoms with Gasteiger partial charge in [0.2, 0.25) is 6.79 Å². The molecule has 0 saturated carbocycles. The molecule has 2 heterocycles. The summed E-state index contributed by atoms with van der Waals surface area (Å²) < 4.78 is 10.7. The van der Waals surface area contributed by atoms with Gasteiger partial charge in [0.15, 0.2) is 11.5 Å². The molecule has 0 aromatic heterocycles. The van der Waals surface area contributed by atoms with Gasteiger partial charge in [-0.1, -0.05) is 0 Å². The molecule has 98 valence electrons. The largest absolute Gasteiger partial charge is 0.454 e. The molecule has 0 amide bonds. The third-order valence-electron chi connectivity index (χ3n) is 3.80. The Morgan fingerprint density at radius 3 is 2.67 bits per heavy atom. The molecule has 0 radical (unpaired) electrons. The molecule has 0 bridgehead atoms. The quantitative estimate of drug-likeness (QED) is 0.809. The second-order valence-corrected chi connectivity index (χ2v) is 4.95. The number of nitrogens with zero attached hydrogens (tertiary/aromatic N) is 1. The van der Waals surface area contributed by atoms with Crippen LogP contribution in [0.1, 0.15) is 12.8 Å². The Labute approximate surface area is 106 Å². The Morgan fingerprint density at radius 1 is 1.22 bits per heavy atom. The number of rotatable bonds is 2. The Bertz CT molecular complexity index is 442. The van der Waals surface area contributed by atoms with Gasteiger partial charge in [-0.05, 0) is 25.0 Å². The molecule has 3 rings (SSSR count). The van der Waals surface area contributed by atoms with Gasteiger partial charge in [-0.25, -0.2) is 0 Å². The van der Waals surface area contributed by atoms with Gasteiger partial charge in [-0.2, -0.15) is 0 Å². The van der Waals surface area contributed by atoms with Crippen LogP contribution in [0.25, 0.3) is 0 Å². The van der Waals surface area contributed by atoms with E-state index in [0.29, 0.717) is 26.2 Å². The summed E-state index contributed by atoms with van der Waals surface area (Å²) in [6.07, 6.45) is 1.41. The summed E-state index contributed by atoms with van der Waals surface area (Å²) >= 11 is 0. The highest BCUT2D eigenvalue weighted by Crippen LogP contribution is 2.36. The van der Waals surface area contributed by atoms with Crippen molar-refractivity contribution in [2.45, 2.75) is 18.4 Å². The van der Waals surface area contributed by atoms with Crippen molar-refractivity contribution < 1.29 is 14.6 Å². The van der Waals surface area contributed by atoms with E-state index >= 15 is 0 Å². The number of hydrogen-bond acceptors (Lipinski definition) is 5. The lowest BCUT2D eigenvalue weighted by molar-refractivity contribution is 0.0250. The zero-order valence-corrected chi connectivity index (χ0v) is 10.3. The molecule has 0 atom stereocenters. The number of hydrogen-bond donors (Lipinski definition) is 2. The number of aliphatic hydroxyl groups is 1. The molecule has 2 aliphatic rings. The Balaban J connectivity index is 1.73. The monoisotopic (exact) mass is 250 g/mol. The summed E-state index contributed by atoms with van der Waals surface area (Å²) in [6.45, 7) is 2.26. The number of piperidine rings is 1. The Hall–Kier alpha value is -1.46. The summed E-state index contributed by atoms with van der Waals surface area (Å²) in [7, 11) is 0. The fourth-order valence-corrected chi connectivity index (χ4v) is 2.47. The van der Waals surface area contributed by atoms with Crippen molar-refractivity contribution in [1.82, 2.24) is 0 Å². The van der Waals surface area contributed by atoms with Crippen LogP contribution in [0.3, 0.4) is 0 Å². The standard InChI is InChI=1S/C13H18N2O3/c14-8-13(16)3-5-15(6-4-13)10-1-2-11-12(7-10)18-9-17-11/h1-2,7,16H,3-6,8-9,14H2. The zero-order valence-electron chi connectivity index (χ0n) is 10.3. The van der Waals surface area contributed by atoms with E-state index in [-0.39, 0.29) is 0 Å². The first kappa shape index (κ1) is 11.6. The normalized spacial score (nSPS) is 21.1. The van der Waals surface area contributed by atoms with Crippen LogP contribution in [-0.2, 0) is 0 Å². The van der Waals surface area contributed by atoms with E-state index < -0.39 is 5.60 Å². The van der Waals surface area contributed by atoms with Gasteiger partial charge in [-0.15, -0.1) is 0 Å². The van der Waals surface area contributed by atoms with Crippen molar-refractivity contribution in [2.24, 2.45) is 5.73 Å². The van der Waals surface area contributed by atoms with Gasteiger partial charge < -0.3 is 25.2 Å². The summed E-state index contributed by atoms with van der Waals surface area (Å²) in [5, 5.41) is 10.1. The lowest BCUT2D eigenvalue weighted by atomic mass is 9.91. The topological polar surface area (TPSA) is 68.0 Å². The second kappa shape index (κ2) is 4.33. The summed E-state index contributed by atoms with van der Waals surface area (Å²) in [5.41, 5.74) is 6.01. The molecule has 5 nitrogen and oxygen atoms in total. The molecule has 3 N–H and O–H groups in total. The lowest BCUT2D eigenvalue weighted by Gasteiger charge is -2.38. The highest BCUT2D eigenvalue weighted by molar-refractivity contribution is 5.57. The van der Waals surface area contributed by atoms with Gasteiger partial charge in [0.05, 0.1) is 5.60 Å². The minimum atomic E-state index is -0.688. The first-order valence-corrected chi connectivity index (χ1v) is 6.27. The molecule has 0 unspecified atom stereocenters. The van der Waals surface area contributed by atoms with Crippen molar-refractivity contribution >= 4 is 5.69 Å². The molecule has 0 aliphatic carbocycles. The predicted molar refractivity (Wildman–Crippen MR) is 68.0 cm³/mol. The molecule has 2 aliphatic heterocycles. The first-order chi connectivity index (χ1) is 8.70. The maximum atomic E-state index is 10.1. The molecule has 1 fully saturated rings. The van der Waals surface area contributed by atoms with Crippen LogP contribution in [0, 0.1) is 0 Å². The Kier molecular flexibility index (Phi) is 2.80. The highest BCUT2D eigenvalue weighted by atomic mass is 16.7. The van der Waals surface area contributed by atoms with Crippen molar-refractivity contribution in [3.05, 3.63) is 18.2 Å². The van der Waals surface area contributed by atoms with Gasteiger partial charge in [0.1, 0.15) is 0 Å². The van der Waals surface area contributed by atoms with Crippen molar-refractivity contribution in [3.63, 3.8) is 0 Å². The molecule has 1 aromatic carbocycles. The van der Waals surface area contributed by atoms with E-state index in [1.165, 1.54) is 0 Å². The van der Waals surface area contributed by atoms with Crippen LogP contribution in [-0.4, -0.2) is 37.1 Å². The van der Waals surface area contributed by atoms with Crippen molar-refractivity contribution in [2.75, 3.05) is 31.3 Å². The average Bonchev–Trinajstić information content (AvgIpc) is 2.87. The number of nitrogens with two attached hydrogens (primary N) is 1. The molecule has 1 saturated heterocycles. The van der Waals surface area contributed by atoms with E-state index in [1.54, 1.807) is 0 Å². The average molecular weight is 250 g/mol. The van der Waals surface area contributed by atoms with Gasteiger partial charge >= 0.3 is 0 Å². The van der Waals surface area contributed by atoms with Crippen molar-refractivity contribution in [1.29, 1.82) is 0 Å². The number of anilines is 1. The van der Waals surface area contributed by atoms with Crippen LogP contribution < -0.4 is 20.1 Å². The van der Waals surface area contributed by atoms with E-state index in [2.05, 4.69) is 4.90 Å². The van der Waals surface area contributed by atoms with E-state index in [1.807, 2.05) is 18.2 Å². The van der Waals surface area contributed by atoms with Crippen LogP contribution >= 0.6 is 0 Å². The molecule has 5 heteroatoms. The fourth-order valence-electron chi connectivity index (χ4n) is 2.47. The summed E-state index contributed by atoms with van der Waals surface area (Å²) in [4.78, 5) is 2.24. The summed E-state index contributed by atoms with van der Waals surface area (Å²) in [5.74, 6) is 1.60. The number of fused-ring (bicyclic) bond motifs is 1. The molecule has 0 spiro atoms. The lowest BCUT2D eigenvalue weighted by Crippen LogP contribution is -2.48. The second-order valence-electron chi connectivity index (χ2n) is 4.95. The molecular formula is C13H18N2O3. The number of ether oxygens (including phenoxy) is 2. The van der Waals surface area contributed by atoms with Gasteiger partial charge in [0, 0.05) is 31.4 Å². The maximum absolute atomic E-state index is 10.1. The molecule has 1 aromatic rings. The van der Waals surface area contributed by atoms with Crippen molar-refractivity contribution in [3.8, 4) is 11.5 Å². The third-order valence-corrected chi connectivity index (χ3v) is 3.80. The molecule has 18 heavy (non-hydrogen) atoms. The fraction of sp³-hybridized carbons (Fsp3) is 0.538. The third kappa shape index (κ3) is 2.00. The maximum Gasteiger partial charge on any atom is 0.231 e. The van der Waals surface area contributed by atoms with E-state index in [4.69, 9.17) is 15.2 Å². The molecular weight excluding hydrogens is 232 g/mol. The predicted octanol–water partition coefficient (Wildman–Crippen LogP) is 0.705. The van der Waals surface area contributed by atoms with Crippen LogP contribution in [0.5, 0.6) is 11.5 Å². The first-order valence-electron chi connectivity index (χ1n) is 6.27. The highest BCUT2D eigenvalue weighted by Gasteiger charge is 2.31. The van der Waals surface area contributed by atoms with E-state index in [9.17, 15) is 5.11 Å². The van der Waals surface area contributed by atoms with Crippen LogP contribution in [0.4, 0.5) is 5.69 Å². The van der Waals surface area contributed by atoms with Gasteiger partial charge in [-0.3, -0.25) is 0 Å². The smallest absolute Gasteiger partial charge is 0.231 e. The minimum absolute atomic E-state index is 0.297. The minimum Gasteiger partial charge on any atom is -0.454 e. The Morgan fingerprint density at radius 2 is 1.94 bits per heavy atom. The number of benzene rings is 1. The summed E-state index contributed by atoms with van der Waals surface area (Å²) in [6, 6.07) is 5.96. The van der Waals surface area contributed by atoms with Crippen LogP contribution in [0.2, 0.25) is 0 Å². The SMILES string of the molecule is NCC1(O)CCN(c2ccc3c(c2)OCO3)CC1. The zero-order chi connectivity index (χ0) is 12.6.